The second-order valence-electron chi connectivity index (χ2n) is 4.84. The number of rotatable bonds is 2. The molecule has 102 valence electrons. The van der Waals surface area contributed by atoms with Gasteiger partial charge < -0.3 is 9.88 Å². The first-order valence-electron chi connectivity index (χ1n) is 6.24. The van der Waals surface area contributed by atoms with Gasteiger partial charge in [0.15, 0.2) is 4.77 Å². The van der Waals surface area contributed by atoms with Crippen LogP contribution in [0.25, 0.3) is 16.7 Å². The molecule has 5 heteroatoms. The summed E-state index contributed by atoms with van der Waals surface area (Å²) < 4.78 is 2.67. The molecule has 0 aliphatic rings. The van der Waals surface area contributed by atoms with Gasteiger partial charge in [-0.2, -0.15) is 0 Å². The number of aromatic nitrogens is 2. The van der Waals surface area contributed by atoms with Crippen LogP contribution < -0.4 is 4.90 Å². The van der Waals surface area contributed by atoms with Crippen LogP contribution in [0.1, 0.15) is 0 Å². The number of benzene rings is 2. The van der Waals surface area contributed by atoms with E-state index in [2.05, 4.69) is 22.0 Å². The normalized spacial score (nSPS) is 10.9. The number of nitrogens with zero attached hydrogens (tertiary/aromatic N) is 2. The quantitative estimate of drug-likeness (QED) is 0.709. The fourth-order valence-electron chi connectivity index (χ4n) is 2.24. The number of H-pyrrole nitrogens is 1. The van der Waals surface area contributed by atoms with E-state index in [9.17, 15) is 0 Å². The molecule has 3 rings (SSSR count). The molecular formula is C15H14ClN3S. The molecule has 3 aromatic rings. The molecule has 0 saturated heterocycles. The van der Waals surface area contributed by atoms with Crippen molar-refractivity contribution >= 4 is 40.5 Å². The molecule has 0 saturated carbocycles. The fourth-order valence-corrected chi connectivity index (χ4v) is 2.72. The molecule has 0 unspecified atom stereocenters. The Kier molecular flexibility index (Phi) is 3.28. The number of fused-ring (bicyclic) bond motifs is 1. The van der Waals surface area contributed by atoms with Crippen molar-refractivity contribution in [2.24, 2.45) is 0 Å². The van der Waals surface area contributed by atoms with E-state index in [0.717, 1.165) is 22.4 Å². The maximum Gasteiger partial charge on any atom is 0.182 e. The third-order valence-corrected chi connectivity index (χ3v) is 3.77. The van der Waals surface area contributed by atoms with E-state index in [-0.39, 0.29) is 0 Å². The Morgan fingerprint density at radius 2 is 1.95 bits per heavy atom. The smallest absolute Gasteiger partial charge is 0.182 e. The van der Waals surface area contributed by atoms with Gasteiger partial charge in [-0.3, -0.25) is 4.57 Å². The van der Waals surface area contributed by atoms with Gasteiger partial charge in [0, 0.05) is 24.8 Å². The number of nitrogens with one attached hydrogen (secondary N) is 1. The Hall–Kier alpha value is -1.78. The minimum atomic E-state index is 0.665. The summed E-state index contributed by atoms with van der Waals surface area (Å²) in [6.45, 7) is 0. The average Bonchev–Trinajstić information content (AvgIpc) is 2.74. The summed E-state index contributed by atoms with van der Waals surface area (Å²) in [7, 11) is 4.04. The van der Waals surface area contributed by atoms with E-state index in [0.29, 0.717) is 9.79 Å². The third kappa shape index (κ3) is 2.21. The summed E-state index contributed by atoms with van der Waals surface area (Å²) in [4.78, 5) is 5.27. The first kappa shape index (κ1) is 13.2. The lowest BCUT2D eigenvalue weighted by Crippen LogP contribution is -2.09. The Morgan fingerprint density at radius 1 is 1.15 bits per heavy atom. The summed E-state index contributed by atoms with van der Waals surface area (Å²) >= 11 is 11.5. The van der Waals surface area contributed by atoms with Gasteiger partial charge in [0.2, 0.25) is 0 Å². The Balaban J connectivity index is 2.29. The number of hydrogen-bond acceptors (Lipinski definition) is 2. The third-order valence-electron chi connectivity index (χ3n) is 3.25. The molecule has 1 aromatic heterocycles. The SMILES string of the molecule is CN(C)c1cccc(-n2c(=S)[nH]c3ccc(Cl)cc32)c1. The maximum absolute atomic E-state index is 6.10. The van der Waals surface area contributed by atoms with E-state index in [1.165, 1.54) is 0 Å². The number of imidazole rings is 1. The number of aromatic amines is 1. The zero-order valence-electron chi connectivity index (χ0n) is 11.2. The Morgan fingerprint density at radius 3 is 2.70 bits per heavy atom. The van der Waals surface area contributed by atoms with Crippen LogP contribution in [0.5, 0.6) is 0 Å². The second-order valence-corrected chi connectivity index (χ2v) is 5.66. The van der Waals surface area contributed by atoms with Crippen molar-refractivity contribution in [2.45, 2.75) is 0 Å². The van der Waals surface area contributed by atoms with Gasteiger partial charge in [0.1, 0.15) is 0 Å². The predicted octanol–water partition coefficient (Wildman–Crippen LogP) is 4.41. The first-order valence-corrected chi connectivity index (χ1v) is 7.03. The standard InChI is InChI=1S/C15H14ClN3S/c1-18(2)11-4-3-5-12(9-11)19-14-8-10(16)6-7-13(14)17-15(19)20/h3-9H,1-2H3,(H,17,20). The maximum atomic E-state index is 6.10. The molecule has 0 atom stereocenters. The molecule has 3 nitrogen and oxygen atoms in total. The van der Waals surface area contributed by atoms with Gasteiger partial charge >= 0.3 is 0 Å². The van der Waals surface area contributed by atoms with Crippen molar-refractivity contribution in [2.75, 3.05) is 19.0 Å². The van der Waals surface area contributed by atoms with Crippen molar-refractivity contribution < 1.29 is 0 Å². The summed E-state index contributed by atoms with van der Waals surface area (Å²) in [5, 5.41) is 0.698. The second kappa shape index (κ2) is 4.96. The van der Waals surface area contributed by atoms with E-state index < -0.39 is 0 Å². The molecule has 2 aromatic carbocycles. The van der Waals surface area contributed by atoms with Crippen LogP contribution in [0.15, 0.2) is 42.5 Å². The number of anilines is 1. The lowest BCUT2D eigenvalue weighted by atomic mass is 10.2. The highest BCUT2D eigenvalue weighted by molar-refractivity contribution is 7.71. The summed E-state index contributed by atoms with van der Waals surface area (Å²) in [5.41, 5.74) is 4.11. The van der Waals surface area contributed by atoms with E-state index in [4.69, 9.17) is 23.8 Å². The molecular weight excluding hydrogens is 290 g/mol. The van der Waals surface area contributed by atoms with E-state index >= 15 is 0 Å². The Labute approximate surface area is 127 Å². The minimum absolute atomic E-state index is 0.665. The zero-order valence-corrected chi connectivity index (χ0v) is 12.8. The molecule has 0 aliphatic heterocycles. The molecule has 0 fully saturated rings. The van der Waals surface area contributed by atoms with Crippen LogP contribution in [0.2, 0.25) is 5.02 Å². The molecule has 1 heterocycles. The largest absolute Gasteiger partial charge is 0.378 e. The Bertz CT molecular complexity index is 832. The summed E-state index contributed by atoms with van der Waals surface area (Å²) in [5.74, 6) is 0. The average molecular weight is 304 g/mol. The van der Waals surface area contributed by atoms with Crippen molar-refractivity contribution in [3.63, 3.8) is 0 Å². The van der Waals surface area contributed by atoms with Crippen molar-refractivity contribution in [1.29, 1.82) is 0 Å². The lowest BCUT2D eigenvalue weighted by molar-refractivity contribution is 1.05. The fraction of sp³-hybridized carbons (Fsp3) is 0.133. The van der Waals surface area contributed by atoms with Crippen LogP contribution in [0, 0.1) is 4.77 Å². The van der Waals surface area contributed by atoms with Crippen molar-refractivity contribution in [3.05, 3.63) is 52.3 Å². The van der Waals surface area contributed by atoms with Crippen LogP contribution in [0.4, 0.5) is 5.69 Å². The summed E-state index contributed by atoms with van der Waals surface area (Å²) in [6, 6.07) is 14.0. The van der Waals surface area contributed by atoms with Crippen LogP contribution in [0.3, 0.4) is 0 Å². The monoisotopic (exact) mass is 303 g/mol. The number of hydrogen-bond donors (Lipinski definition) is 1. The highest BCUT2D eigenvalue weighted by Gasteiger charge is 2.08. The highest BCUT2D eigenvalue weighted by Crippen LogP contribution is 2.24. The van der Waals surface area contributed by atoms with Crippen LogP contribution in [-0.4, -0.2) is 23.6 Å². The number of halogens is 1. The van der Waals surface area contributed by atoms with Crippen LogP contribution in [-0.2, 0) is 0 Å². The van der Waals surface area contributed by atoms with Gasteiger partial charge in [0.05, 0.1) is 16.7 Å². The van der Waals surface area contributed by atoms with Crippen molar-refractivity contribution in [3.8, 4) is 5.69 Å². The lowest BCUT2D eigenvalue weighted by Gasteiger charge is -2.14. The van der Waals surface area contributed by atoms with Gasteiger partial charge in [-0.15, -0.1) is 0 Å². The predicted molar refractivity (Wildman–Crippen MR) is 87.8 cm³/mol. The molecule has 1 N–H and O–H groups in total. The van der Waals surface area contributed by atoms with Gasteiger partial charge in [-0.05, 0) is 48.6 Å². The molecule has 0 bridgehead atoms. The minimum Gasteiger partial charge on any atom is -0.378 e. The molecule has 0 aliphatic carbocycles. The highest BCUT2D eigenvalue weighted by atomic mass is 35.5. The molecule has 0 radical (unpaired) electrons. The summed E-state index contributed by atoms with van der Waals surface area (Å²) in [6.07, 6.45) is 0. The van der Waals surface area contributed by atoms with Crippen LogP contribution >= 0.6 is 23.8 Å². The zero-order chi connectivity index (χ0) is 14.3. The topological polar surface area (TPSA) is 24.0 Å². The molecule has 20 heavy (non-hydrogen) atoms. The van der Waals surface area contributed by atoms with Crippen molar-refractivity contribution in [1.82, 2.24) is 9.55 Å². The van der Waals surface area contributed by atoms with E-state index in [1.54, 1.807) is 0 Å². The van der Waals surface area contributed by atoms with Gasteiger partial charge in [-0.25, -0.2) is 0 Å². The van der Waals surface area contributed by atoms with Gasteiger partial charge in [-0.1, -0.05) is 17.7 Å². The first-order chi connectivity index (χ1) is 9.56. The molecule has 0 amide bonds. The molecule has 0 spiro atoms. The van der Waals surface area contributed by atoms with Gasteiger partial charge in [0.25, 0.3) is 0 Å². The van der Waals surface area contributed by atoms with E-state index in [1.807, 2.05) is 49.0 Å².